The molecule has 3 nitrogen and oxygen atoms in total. The van der Waals surface area contributed by atoms with Gasteiger partial charge in [0.15, 0.2) is 0 Å². The summed E-state index contributed by atoms with van der Waals surface area (Å²) in [6.45, 7) is 14.2. The predicted molar refractivity (Wildman–Crippen MR) is 93.3 cm³/mol. The Hall–Kier alpha value is -1.32. The van der Waals surface area contributed by atoms with Crippen molar-refractivity contribution in [3.05, 3.63) is 42.5 Å². The zero-order chi connectivity index (χ0) is 16.2. The smallest absolute Gasteiger partial charge is 0.120 e. The van der Waals surface area contributed by atoms with Crippen LogP contribution in [0, 0.1) is 0 Å². The minimum atomic E-state index is 0.175. The topological polar surface area (TPSA) is 33.3 Å². The van der Waals surface area contributed by atoms with Gasteiger partial charge >= 0.3 is 0 Å². The summed E-state index contributed by atoms with van der Waals surface area (Å²) in [5.41, 5.74) is 1.61. The maximum atomic E-state index is 5.60. The lowest BCUT2D eigenvalue weighted by Gasteiger charge is -2.46. The van der Waals surface area contributed by atoms with Gasteiger partial charge in [-0.05, 0) is 58.2 Å². The van der Waals surface area contributed by atoms with Crippen LogP contribution in [0.15, 0.2) is 36.9 Å². The molecule has 0 radical (unpaired) electrons. The van der Waals surface area contributed by atoms with Crippen LogP contribution in [0.25, 0.3) is 0 Å². The van der Waals surface area contributed by atoms with E-state index in [0.717, 1.165) is 25.1 Å². The fraction of sp³-hybridized carbons (Fsp3) is 0.579. The Morgan fingerprint density at radius 1 is 1.27 bits per heavy atom. The maximum Gasteiger partial charge on any atom is 0.120 e. The van der Waals surface area contributed by atoms with Gasteiger partial charge < -0.3 is 15.4 Å². The van der Waals surface area contributed by atoms with Gasteiger partial charge in [-0.3, -0.25) is 0 Å². The second kappa shape index (κ2) is 6.84. The van der Waals surface area contributed by atoms with E-state index in [-0.39, 0.29) is 11.1 Å². The maximum absolute atomic E-state index is 5.60. The lowest BCUT2D eigenvalue weighted by molar-refractivity contribution is 0.145. The fourth-order valence-electron chi connectivity index (χ4n) is 3.63. The van der Waals surface area contributed by atoms with Crippen molar-refractivity contribution in [2.24, 2.45) is 0 Å². The SMILES string of the molecule is C=CCOc1cccc(CNC2CC(C)(C)NC(C)(C)C2)c1. The molecule has 0 atom stereocenters. The van der Waals surface area contributed by atoms with Gasteiger partial charge in [0.25, 0.3) is 0 Å². The fourth-order valence-corrected chi connectivity index (χ4v) is 3.63. The Kier molecular flexibility index (Phi) is 5.30. The monoisotopic (exact) mass is 302 g/mol. The Morgan fingerprint density at radius 2 is 1.95 bits per heavy atom. The zero-order valence-electron chi connectivity index (χ0n) is 14.4. The molecule has 1 aromatic rings. The molecule has 1 fully saturated rings. The molecule has 1 saturated heterocycles. The van der Waals surface area contributed by atoms with Crippen LogP contribution >= 0.6 is 0 Å². The van der Waals surface area contributed by atoms with Gasteiger partial charge in [-0.1, -0.05) is 24.8 Å². The first-order chi connectivity index (χ1) is 10.3. The van der Waals surface area contributed by atoms with E-state index >= 15 is 0 Å². The highest BCUT2D eigenvalue weighted by Gasteiger charge is 2.37. The summed E-state index contributed by atoms with van der Waals surface area (Å²) >= 11 is 0. The molecule has 1 aliphatic heterocycles. The van der Waals surface area contributed by atoms with Gasteiger partial charge in [0.05, 0.1) is 0 Å². The molecular formula is C19H30N2O. The summed E-state index contributed by atoms with van der Waals surface area (Å²) in [7, 11) is 0. The Balaban J connectivity index is 1.93. The third kappa shape index (κ3) is 5.15. The number of rotatable bonds is 6. The van der Waals surface area contributed by atoms with Gasteiger partial charge in [0.2, 0.25) is 0 Å². The average Bonchev–Trinajstić information content (AvgIpc) is 2.40. The Morgan fingerprint density at radius 3 is 2.59 bits per heavy atom. The zero-order valence-corrected chi connectivity index (χ0v) is 14.4. The van der Waals surface area contributed by atoms with Gasteiger partial charge in [0.1, 0.15) is 12.4 Å². The van der Waals surface area contributed by atoms with E-state index in [2.05, 4.69) is 57.0 Å². The van der Waals surface area contributed by atoms with Crippen molar-refractivity contribution in [2.75, 3.05) is 6.61 Å². The van der Waals surface area contributed by atoms with Crippen molar-refractivity contribution in [3.8, 4) is 5.75 Å². The lowest BCUT2D eigenvalue weighted by atomic mass is 9.79. The lowest BCUT2D eigenvalue weighted by Crippen LogP contribution is -2.61. The molecule has 2 rings (SSSR count). The molecule has 2 N–H and O–H groups in total. The third-order valence-electron chi connectivity index (χ3n) is 4.05. The quantitative estimate of drug-likeness (QED) is 0.787. The van der Waals surface area contributed by atoms with E-state index in [1.807, 2.05) is 12.1 Å². The summed E-state index contributed by atoms with van der Waals surface area (Å²) < 4.78 is 5.60. The molecule has 1 heterocycles. The first-order valence-corrected chi connectivity index (χ1v) is 8.15. The molecule has 122 valence electrons. The van der Waals surface area contributed by atoms with E-state index in [4.69, 9.17) is 4.74 Å². The summed E-state index contributed by atoms with van der Waals surface area (Å²) in [6, 6.07) is 8.82. The van der Waals surface area contributed by atoms with Crippen molar-refractivity contribution in [3.63, 3.8) is 0 Å². The van der Waals surface area contributed by atoms with Gasteiger partial charge in [-0.25, -0.2) is 0 Å². The molecule has 0 spiro atoms. The van der Waals surface area contributed by atoms with Crippen molar-refractivity contribution >= 4 is 0 Å². The van der Waals surface area contributed by atoms with Crippen LogP contribution in [-0.4, -0.2) is 23.7 Å². The van der Waals surface area contributed by atoms with Crippen molar-refractivity contribution in [2.45, 2.75) is 64.2 Å². The first-order valence-electron chi connectivity index (χ1n) is 8.15. The second-order valence-electron chi connectivity index (χ2n) is 7.63. The molecule has 3 heteroatoms. The highest BCUT2D eigenvalue weighted by molar-refractivity contribution is 5.28. The van der Waals surface area contributed by atoms with E-state index in [1.54, 1.807) is 6.08 Å². The minimum Gasteiger partial charge on any atom is -0.490 e. The molecule has 0 aliphatic carbocycles. The largest absolute Gasteiger partial charge is 0.490 e. The molecule has 0 bridgehead atoms. The summed E-state index contributed by atoms with van der Waals surface area (Å²) in [5.74, 6) is 0.908. The number of piperidine rings is 1. The van der Waals surface area contributed by atoms with Crippen LogP contribution in [0.3, 0.4) is 0 Å². The summed E-state index contributed by atoms with van der Waals surface area (Å²) in [6.07, 6.45) is 4.05. The normalized spacial score (nSPS) is 20.5. The Bertz CT molecular complexity index is 492. The van der Waals surface area contributed by atoms with Crippen LogP contribution < -0.4 is 15.4 Å². The van der Waals surface area contributed by atoms with Gasteiger partial charge in [-0.2, -0.15) is 0 Å². The summed E-state index contributed by atoms with van der Waals surface area (Å²) in [4.78, 5) is 0. The van der Waals surface area contributed by atoms with Crippen molar-refractivity contribution in [1.29, 1.82) is 0 Å². The van der Waals surface area contributed by atoms with Crippen molar-refractivity contribution < 1.29 is 4.74 Å². The standard InChI is InChI=1S/C19H30N2O/c1-6-10-22-17-9-7-8-15(11-17)14-20-16-12-18(2,3)21-19(4,5)13-16/h6-9,11,16,20-21H,1,10,12-14H2,2-5H3. The molecule has 0 saturated carbocycles. The van der Waals surface area contributed by atoms with E-state index < -0.39 is 0 Å². The molecule has 22 heavy (non-hydrogen) atoms. The molecule has 1 aromatic carbocycles. The number of ether oxygens (including phenoxy) is 1. The van der Waals surface area contributed by atoms with Gasteiger partial charge in [0, 0.05) is 23.7 Å². The number of hydrogen-bond donors (Lipinski definition) is 2. The van der Waals surface area contributed by atoms with Gasteiger partial charge in [-0.15, -0.1) is 0 Å². The highest BCUT2D eigenvalue weighted by Crippen LogP contribution is 2.28. The average molecular weight is 302 g/mol. The van der Waals surface area contributed by atoms with E-state index in [1.165, 1.54) is 5.56 Å². The third-order valence-corrected chi connectivity index (χ3v) is 4.05. The molecular weight excluding hydrogens is 272 g/mol. The minimum absolute atomic E-state index is 0.175. The Labute approximate surface area is 135 Å². The van der Waals surface area contributed by atoms with E-state index in [0.29, 0.717) is 12.6 Å². The van der Waals surface area contributed by atoms with Crippen LogP contribution in [-0.2, 0) is 6.54 Å². The van der Waals surface area contributed by atoms with E-state index in [9.17, 15) is 0 Å². The van der Waals surface area contributed by atoms with Crippen LogP contribution in [0.1, 0.15) is 46.1 Å². The molecule has 0 amide bonds. The number of nitrogens with one attached hydrogen (secondary N) is 2. The highest BCUT2D eigenvalue weighted by atomic mass is 16.5. The van der Waals surface area contributed by atoms with Crippen LogP contribution in [0.4, 0.5) is 0 Å². The first kappa shape index (κ1) is 17.0. The molecule has 0 aromatic heterocycles. The van der Waals surface area contributed by atoms with Crippen LogP contribution in [0.5, 0.6) is 5.75 Å². The number of benzene rings is 1. The van der Waals surface area contributed by atoms with Crippen LogP contribution in [0.2, 0.25) is 0 Å². The number of hydrogen-bond acceptors (Lipinski definition) is 3. The second-order valence-corrected chi connectivity index (χ2v) is 7.63. The predicted octanol–water partition coefficient (Wildman–Crippen LogP) is 3.65. The molecule has 1 aliphatic rings. The summed E-state index contributed by atoms with van der Waals surface area (Å²) in [5, 5.41) is 7.44. The van der Waals surface area contributed by atoms with Crippen molar-refractivity contribution in [1.82, 2.24) is 10.6 Å². The molecule has 0 unspecified atom stereocenters.